The second kappa shape index (κ2) is 14.9. The van der Waals surface area contributed by atoms with E-state index in [0.717, 1.165) is 0 Å². The molecule has 8 atom stereocenters. The molecule has 10 N–H and O–H groups in total. The summed E-state index contributed by atoms with van der Waals surface area (Å²) < 4.78 is 17.4. The van der Waals surface area contributed by atoms with Crippen molar-refractivity contribution in [3.05, 3.63) is 46.2 Å². The van der Waals surface area contributed by atoms with Gasteiger partial charge in [-0.15, -0.1) is 0 Å². The summed E-state index contributed by atoms with van der Waals surface area (Å²) >= 11 is 0. The average Bonchev–Trinajstić information content (AvgIpc) is 3.08. The highest BCUT2D eigenvalue weighted by Crippen LogP contribution is 2.53. The number of ketones is 2. The highest BCUT2D eigenvalue weighted by Gasteiger charge is 2.52. The van der Waals surface area contributed by atoms with Gasteiger partial charge in [0.2, 0.25) is 11.8 Å². The first-order valence-electron chi connectivity index (χ1n) is 16.2. The molecule has 0 spiro atoms. The molecular formula is C33H41N5O13. The third-order valence-electron chi connectivity index (χ3n) is 9.48. The number of carbonyl (C=O) groups excluding carboxylic acids is 5. The molecule has 1 aromatic carbocycles. The van der Waals surface area contributed by atoms with Crippen molar-refractivity contribution in [2.45, 2.75) is 69.4 Å². The van der Waals surface area contributed by atoms with Gasteiger partial charge in [-0.05, 0) is 13.0 Å². The molecule has 4 aliphatic rings. The first-order valence-corrected chi connectivity index (χ1v) is 16.2. The van der Waals surface area contributed by atoms with Gasteiger partial charge < -0.3 is 56.1 Å². The van der Waals surface area contributed by atoms with E-state index in [1.807, 2.05) is 0 Å². The minimum Gasteiger partial charge on any atom is -0.507 e. The Bertz CT molecular complexity index is 1710. The Balaban J connectivity index is 1.53. The van der Waals surface area contributed by atoms with Crippen LogP contribution in [0.3, 0.4) is 0 Å². The van der Waals surface area contributed by atoms with Crippen molar-refractivity contribution in [1.29, 1.82) is 0 Å². The SMILES string of the molecule is COC1=CC=CC2C(=O)c3c(O)c4c(c(O)c3C(=O)C12)[C@@H](OC1C[C@@H](N)[C@H](O)C(C)O1)C[C@](O)(/C(CO)=N\NC(=O)CNC(=O)CNC(C)=O)C4. The first-order chi connectivity index (χ1) is 24.1. The lowest BCUT2D eigenvalue weighted by Crippen LogP contribution is -2.53. The number of aliphatic hydroxyl groups is 3. The number of amides is 3. The molecule has 18 nitrogen and oxygen atoms in total. The summed E-state index contributed by atoms with van der Waals surface area (Å²) in [5.74, 6) is -6.75. The van der Waals surface area contributed by atoms with E-state index >= 15 is 0 Å². The Hall–Kier alpha value is -4.72. The van der Waals surface area contributed by atoms with Crippen molar-refractivity contribution in [2.75, 3.05) is 26.8 Å². The number of phenols is 2. The number of nitrogens with zero attached hydrogens (tertiary/aromatic N) is 1. The number of phenolic OH excluding ortho intramolecular Hbond substituents is 2. The topological polar surface area (TPSA) is 289 Å². The van der Waals surface area contributed by atoms with Crippen LogP contribution in [0.15, 0.2) is 29.1 Å². The van der Waals surface area contributed by atoms with Gasteiger partial charge in [-0.3, -0.25) is 24.0 Å². The number of hydrogen-bond donors (Lipinski definition) is 9. The fourth-order valence-corrected chi connectivity index (χ4v) is 6.88. The van der Waals surface area contributed by atoms with E-state index in [1.54, 1.807) is 6.92 Å². The highest BCUT2D eigenvalue weighted by atomic mass is 16.7. The van der Waals surface area contributed by atoms with E-state index in [0.29, 0.717) is 0 Å². The van der Waals surface area contributed by atoms with Gasteiger partial charge in [-0.2, -0.15) is 5.10 Å². The quantitative estimate of drug-likeness (QED) is 0.0726. The van der Waals surface area contributed by atoms with Crippen molar-refractivity contribution in [2.24, 2.45) is 22.7 Å². The predicted molar refractivity (Wildman–Crippen MR) is 174 cm³/mol. The largest absolute Gasteiger partial charge is 0.507 e. The number of aromatic hydroxyl groups is 2. The van der Waals surface area contributed by atoms with Gasteiger partial charge in [0.1, 0.15) is 22.9 Å². The first kappa shape index (κ1) is 37.5. The van der Waals surface area contributed by atoms with E-state index in [4.69, 9.17) is 19.9 Å². The molecule has 5 rings (SSSR count). The number of methoxy groups -OCH3 is 1. The molecule has 4 unspecified atom stereocenters. The number of fused-ring (bicyclic) bond motifs is 3. The summed E-state index contributed by atoms with van der Waals surface area (Å²) in [7, 11) is 1.34. The number of aliphatic hydroxyl groups excluding tert-OH is 2. The lowest BCUT2D eigenvalue weighted by Gasteiger charge is -2.43. The summed E-state index contributed by atoms with van der Waals surface area (Å²) in [5.41, 5.74) is 4.33. The van der Waals surface area contributed by atoms with Crippen molar-refractivity contribution in [3.63, 3.8) is 0 Å². The third kappa shape index (κ3) is 7.23. The fraction of sp³-hybridized carbons (Fsp3) is 0.515. The molecule has 1 aliphatic heterocycles. The van der Waals surface area contributed by atoms with E-state index in [1.165, 1.54) is 32.3 Å². The van der Waals surface area contributed by atoms with Crippen LogP contribution in [0.25, 0.3) is 0 Å². The fourth-order valence-electron chi connectivity index (χ4n) is 6.88. The number of carbonyl (C=O) groups is 5. The van der Waals surface area contributed by atoms with Crippen molar-refractivity contribution >= 4 is 35.0 Å². The minimum atomic E-state index is -2.21. The predicted octanol–water partition coefficient (Wildman–Crippen LogP) is -1.92. The number of nitrogens with two attached hydrogens (primary N) is 1. The van der Waals surface area contributed by atoms with Crippen LogP contribution in [-0.2, 0) is 35.0 Å². The van der Waals surface area contributed by atoms with Crippen LogP contribution in [0.4, 0.5) is 0 Å². The van der Waals surface area contributed by atoms with Gasteiger partial charge in [0.05, 0.1) is 73.8 Å². The van der Waals surface area contributed by atoms with E-state index in [9.17, 15) is 49.5 Å². The van der Waals surface area contributed by atoms with Crippen LogP contribution < -0.4 is 21.8 Å². The molecule has 0 aromatic heterocycles. The Morgan fingerprint density at radius 1 is 1.10 bits per heavy atom. The maximum Gasteiger partial charge on any atom is 0.259 e. The molecular weight excluding hydrogens is 674 g/mol. The van der Waals surface area contributed by atoms with E-state index in [-0.39, 0.29) is 29.9 Å². The second-order valence-corrected chi connectivity index (χ2v) is 12.9. The Kier molecular flexibility index (Phi) is 10.9. The van der Waals surface area contributed by atoms with Gasteiger partial charge in [-0.1, -0.05) is 12.2 Å². The van der Waals surface area contributed by atoms with Crippen LogP contribution >= 0.6 is 0 Å². The van der Waals surface area contributed by atoms with Crippen LogP contribution in [0.5, 0.6) is 11.5 Å². The Labute approximate surface area is 291 Å². The maximum absolute atomic E-state index is 14.0. The number of rotatable bonds is 10. The Morgan fingerprint density at radius 3 is 2.43 bits per heavy atom. The Morgan fingerprint density at radius 2 is 1.78 bits per heavy atom. The zero-order valence-electron chi connectivity index (χ0n) is 28.0. The molecule has 0 bridgehead atoms. The normalized spacial score (nSPS) is 30.0. The lowest BCUT2D eigenvalue weighted by atomic mass is 9.67. The molecule has 276 valence electrons. The van der Waals surface area contributed by atoms with Crippen LogP contribution in [0.1, 0.15) is 64.6 Å². The number of allylic oxidation sites excluding steroid dienone is 4. The standard InChI is InChI=1S/C33H41N5O13/c1-13-28(43)17(34)7-23(50-13)51-19-9-33(48,20(12-39)37-38-22(42)11-36-21(41)10-35-14(2)40)8-16-25(19)32(47)27-26(30(16)45)29(44)15-5-4-6-18(49-3)24(15)31(27)46/h4-6,13,15,17,19,23-24,28,39,43,45,47-48H,7-12,34H2,1-3H3,(H,35,40)(H,36,41)(H,38,42)/b37-20-/t13?,15?,17-,19+,23?,24?,28-,33+/m1/s1. The maximum atomic E-state index is 14.0. The van der Waals surface area contributed by atoms with E-state index in [2.05, 4.69) is 21.2 Å². The average molecular weight is 716 g/mol. The molecule has 0 radical (unpaired) electrons. The van der Waals surface area contributed by atoms with Crippen molar-refractivity contribution in [3.8, 4) is 11.5 Å². The monoisotopic (exact) mass is 715 g/mol. The zero-order valence-corrected chi connectivity index (χ0v) is 28.0. The van der Waals surface area contributed by atoms with Gasteiger partial charge in [0.15, 0.2) is 17.9 Å². The number of ether oxygens (including phenoxy) is 3. The highest BCUT2D eigenvalue weighted by molar-refractivity contribution is 6.20. The molecule has 1 aromatic rings. The van der Waals surface area contributed by atoms with Crippen LogP contribution in [-0.4, -0.2) is 117 Å². The summed E-state index contributed by atoms with van der Waals surface area (Å²) in [6, 6.07) is -0.788. The molecule has 3 aliphatic carbocycles. The van der Waals surface area contributed by atoms with Crippen molar-refractivity contribution in [1.82, 2.24) is 16.1 Å². The van der Waals surface area contributed by atoms with Crippen LogP contribution in [0, 0.1) is 11.8 Å². The number of nitrogens with one attached hydrogen (secondary N) is 3. The number of Topliss-reactive ketones (excluding diaryl/α,β-unsaturated/α-hetero) is 2. The van der Waals surface area contributed by atoms with Gasteiger partial charge in [-0.25, -0.2) is 5.43 Å². The smallest absolute Gasteiger partial charge is 0.259 e. The molecule has 3 amide bonds. The minimum absolute atomic E-state index is 0.0341. The van der Waals surface area contributed by atoms with Gasteiger partial charge in [0.25, 0.3) is 5.91 Å². The lowest BCUT2D eigenvalue weighted by molar-refractivity contribution is -0.245. The van der Waals surface area contributed by atoms with E-state index < -0.39 is 132 Å². The number of benzene rings is 1. The molecule has 0 saturated carbocycles. The molecule has 18 heteroatoms. The zero-order chi connectivity index (χ0) is 37.4. The van der Waals surface area contributed by atoms with Gasteiger partial charge in [0, 0.05) is 43.4 Å². The number of hydrogen-bond acceptors (Lipinski definition) is 15. The summed E-state index contributed by atoms with van der Waals surface area (Å²) in [6.07, 6.45) is -0.903. The van der Waals surface area contributed by atoms with Crippen LogP contribution in [0.2, 0.25) is 0 Å². The molecule has 1 fully saturated rings. The third-order valence-corrected chi connectivity index (χ3v) is 9.48. The summed E-state index contributed by atoms with van der Waals surface area (Å²) in [4.78, 5) is 63.2. The molecule has 1 saturated heterocycles. The molecule has 1 heterocycles. The summed E-state index contributed by atoms with van der Waals surface area (Å²) in [5, 5.41) is 64.6. The molecule has 51 heavy (non-hydrogen) atoms. The summed E-state index contributed by atoms with van der Waals surface area (Å²) in [6.45, 7) is 0.884. The number of hydrazone groups is 1. The van der Waals surface area contributed by atoms with Gasteiger partial charge >= 0.3 is 0 Å². The second-order valence-electron chi connectivity index (χ2n) is 12.9. The van der Waals surface area contributed by atoms with Crippen molar-refractivity contribution < 1.29 is 63.7 Å².